The van der Waals surface area contributed by atoms with E-state index in [1.807, 2.05) is 36.4 Å². The first-order valence-corrected chi connectivity index (χ1v) is 7.49. The van der Waals surface area contributed by atoms with Gasteiger partial charge in [-0.3, -0.25) is 9.78 Å². The maximum atomic E-state index is 12.2. The zero-order chi connectivity index (χ0) is 16.4. The van der Waals surface area contributed by atoms with Gasteiger partial charge >= 0.3 is 0 Å². The lowest BCUT2D eigenvalue weighted by molar-refractivity contribution is 0.171. The molecule has 1 aromatic heterocycles. The maximum absolute atomic E-state index is 12.2. The SMILES string of the molecule is O=c1[nH]c(Nc2ccc3c(c2)OCCO3)nnc1-c1ccccc1. The Morgan fingerprint density at radius 3 is 2.54 bits per heavy atom. The van der Waals surface area contributed by atoms with Crippen molar-refractivity contribution in [2.45, 2.75) is 0 Å². The highest BCUT2D eigenvalue weighted by atomic mass is 16.6. The average molecular weight is 322 g/mol. The average Bonchev–Trinajstić information content (AvgIpc) is 2.62. The second-order valence-corrected chi connectivity index (χ2v) is 5.20. The molecule has 4 rings (SSSR count). The smallest absolute Gasteiger partial charge is 0.279 e. The molecule has 2 heterocycles. The van der Waals surface area contributed by atoms with E-state index in [1.54, 1.807) is 12.1 Å². The van der Waals surface area contributed by atoms with E-state index >= 15 is 0 Å². The van der Waals surface area contributed by atoms with Crippen LogP contribution in [0.15, 0.2) is 53.3 Å². The van der Waals surface area contributed by atoms with Crippen LogP contribution in [-0.4, -0.2) is 28.4 Å². The summed E-state index contributed by atoms with van der Waals surface area (Å²) in [5.41, 5.74) is 1.41. The number of H-pyrrole nitrogens is 1. The lowest BCUT2D eigenvalue weighted by Crippen LogP contribution is -2.16. The Labute approximate surface area is 137 Å². The van der Waals surface area contributed by atoms with Gasteiger partial charge in [0.15, 0.2) is 17.2 Å². The van der Waals surface area contributed by atoms with Crippen LogP contribution >= 0.6 is 0 Å². The molecule has 3 aromatic rings. The van der Waals surface area contributed by atoms with E-state index in [0.717, 1.165) is 11.3 Å². The summed E-state index contributed by atoms with van der Waals surface area (Å²) in [6.07, 6.45) is 0. The summed E-state index contributed by atoms with van der Waals surface area (Å²) in [6, 6.07) is 14.6. The van der Waals surface area contributed by atoms with Crippen LogP contribution in [0.3, 0.4) is 0 Å². The molecular weight excluding hydrogens is 308 g/mol. The molecule has 1 aliphatic heterocycles. The molecule has 0 aliphatic carbocycles. The molecule has 0 unspecified atom stereocenters. The van der Waals surface area contributed by atoms with Gasteiger partial charge in [0.2, 0.25) is 5.95 Å². The Bertz CT molecular complexity index is 925. The van der Waals surface area contributed by atoms with Gasteiger partial charge in [0.1, 0.15) is 13.2 Å². The summed E-state index contributed by atoms with van der Waals surface area (Å²) >= 11 is 0. The largest absolute Gasteiger partial charge is 0.486 e. The third kappa shape index (κ3) is 2.79. The van der Waals surface area contributed by atoms with E-state index in [9.17, 15) is 4.79 Å². The number of fused-ring (bicyclic) bond motifs is 1. The standard InChI is InChI=1S/C17H14N4O3/c22-16-15(11-4-2-1-3-5-11)20-21-17(19-16)18-12-6-7-13-14(10-12)24-9-8-23-13/h1-7,10H,8-9H2,(H2,18,19,21,22). The van der Waals surface area contributed by atoms with Crippen LogP contribution in [-0.2, 0) is 0 Å². The van der Waals surface area contributed by atoms with Crippen LogP contribution in [0.1, 0.15) is 0 Å². The van der Waals surface area contributed by atoms with Crippen molar-refractivity contribution in [1.82, 2.24) is 15.2 Å². The molecule has 2 N–H and O–H groups in total. The molecule has 0 spiro atoms. The molecule has 0 radical (unpaired) electrons. The van der Waals surface area contributed by atoms with E-state index in [4.69, 9.17) is 9.47 Å². The minimum absolute atomic E-state index is 0.261. The van der Waals surface area contributed by atoms with Gasteiger partial charge in [-0.15, -0.1) is 10.2 Å². The van der Waals surface area contributed by atoms with Gasteiger partial charge in [0.05, 0.1) is 0 Å². The third-order valence-corrected chi connectivity index (χ3v) is 3.55. The number of hydrogen-bond acceptors (Lipinski definition) is 6. The first kappa shape index (κ1) is 14.3. The van der Waals surface area contributed by atoms with Crippen LogP contribution in [0.4, 0.5) is 11.6 Å². The van der Waals surface area contributed by atoms with Crippen molar-refractivity contribution in [3.05, 3.63) is 58.9 Å². The fraction of sp³-hybridized carbons (Fsp3) is 0.118. The Morgan fingerprint density at radius 2 is 1.75 bits per heavy atom. The Hall–Kier alpha value is -3.35. The van der Waals surface area contributed by atoms with Gasteiger partial charge in [-0.25, -0.2) is 0 Å². The predicted octanol–water partition coefficient (Wildman–Crippen LogP) is 2.35. The monoisotopic (exact) mass is 322 g/mol. The molecule has 0 fully saturated rings. The summed E-state index contributed by atoms with van der Waals surface area (Å²) in [5, 5.41) is 11.1. The molecule has 0 saturated carbocycles. The van der Waals surface area contributed by atoms with Gasteiger partial charge < -0.3 is 14.8 Å². The van der Waals surface area contributed by atoms with Crippen molar-refractivity contribution in [3.8, 4) is 22.8 Å². The first-order chi connectivity index (χ1) is 11.8. The van der Waals surface area contributed by atoms with Gasteiger partial charge in [0.25, 0.3) is 5.56 Å². The molecule has 0 atom stereocenters. The molecule has 1 aliphatic rings. The Balaban J connectivity index is 1.59. The van der Waals surface area contributed by atoms with Crippen LogP contribution < -0.4 is 20.3 Å². The molecule has 0 bridgehead atoms. The highest BCUT2D eigenvalue weighted by Crippen LogP contribution is 2.33. The molecule has 7 nitrogen and oxygen atoms in total. The topological polar surface area (TPSA) is 89.1 Å². The van der Waals surface area contributed by atoms with Crippen molar-refractivity contribution >= 4 is 11.6 Å². The first-order valence-electron chi connectivity index (χ1n) is 7.49. The van der Waals surface area contributed by atoms with Gasteiger partial charge in [-0.1, -0.05) is 30.3 Å². The van der Waals surface area contributed by atoms with Crippen LogP contribution in [0.5, 0.6) is 11.5 Å². The van der Waals surface area contributed by atoms with Crippen LogP contribution in [0.25, 0.3) is 11.3 Å². The molecule has 0 amide bonds. The Morgan fingerprint density at radius 1 is 0.958 bits per heavy atom. The van der Waals surface area contributed by atoms with Crippen molar-refractivity contribution in [2.24, 2.45) is 0 Å². The number of rotatable bonds is 3. The van der Waals surface area contributed by atoms with Crippen molar-refractivity contribution in [1.29, 1.82) is 0 Å². The van der Waals surface area contributed by atoms with Crippen LogP contribution in [0.2, 0.25) is 0 Å². The molecule has 24 heavy (non-hydrogen) atoms. The minimum Gasteiger partial charge on any atom is -0.486 e. The summed E-state index contributed by atoms with van der Waals surface area (Å²) in [7, 11) is 0. The van der Waals surface area contributed by atoms with E-state index in [0.29, 0.717) is 24.7 Å². The van der Waals surface area contributed by atoms with E-state index in [-0.39, 0.29) is 17.2 Å². The number of hydrogen-bond donors (Lipinski definition) is 2. The quantitative estimate of drug-likeness (QED) is 0.769. The van der Waals surface area contributed by atoms with E-state index < -0.39 is 0 Å². The third-order valence-electron chi connectivity index (χ3n) is 3.55. The fourth-order valence-corrected chi connectivity index (χ4v) is 2.44. The lowest BCUT2D eigenvalue weighted by Gasteiger charge is -2.18. The zero-order valence-electron chi connectivity index (χ0n) is 12.7. The van der Waals surface area contributed by atoms with Gasteiger partial charge in [-0.2, -0.15) is 0 Å². The van der Waals surface area contributed by atoms with Crippen molar-refractivity contribution in [2.75, 3.05) is 18.5 Å². The van der Waals surface area contributed by atoms with E-state index in [1.165, 1.54) is 0 Å². The normalized spacial score (nSPS) is 12.7. The van der Waals surface area contributed by atoms with Crippen molar-refractivity contribution in [3.63, 3.8) is 0 Å². The molecule has 7 heteroatoms. The number of ether oxygens (including phenoxy) is 2. The fourth-order valence-electron chi connectivity index (χ4n) is 2.44. The molecular formula is C17H14N4O3. The number of nitrogens with one attached hydrogen (secondary N) is 2. The second kappa shape index (κ2) is 6.04. The number of nitrogens with zero attached hydrogens (tertiary/aromatic N) is 2. The predicted molar refractivity (Wildman–Crippen MR) is 88.8 cm³/mol. The molecule has 2 aromatic carbocycles. The highest BCUT2D eigenvalue weighted by Gasteiger charge is 2.12. The summed E-state index contributed by atoms with van der Waals surface area (Å²) in [5.74, 6) is 1.62. The lowest BCUT2D eigenvalue weighted by atomic mass is 10.2. The van der Waals surface area contributed by atoms with Crippen molar-refractivity contribution < 1.29 is 9.47 Å². The summed E-state index contributed by atoms with van der Waals surface area (Å²) in [4.78, 5) is 14.9. The number of anilines is 2. The Kier molecular flexibility index (Phi) is 3.59. The van der Waals surface area contributed by atoms with Gasteiger partial charge in [0, 0.05) is 17.3 Å². The van der Waals surface area contributed by atoms with E-state index in [2.05, 4.69) is 20.5 Å². The maximum Gasteiger partial charge on any atom is 0.279 e. The van der Waals surface area contributed by atoms with Gasteiger partial charge in [-0.05, 0) is 12.1 Å². The molecule has 0 saturated heterocycles. The summed E-state index contributed by atoms with van der Waals surface area (Å²) in [6.45, 7) is 1.05. The second-order valence-electron chi connectivity index (χ2n) is 5.20. The highest BCUT2D eigenvalue weighted by molar-refractivity contribution is 5.61. The number of aromatic amines is 1. The zero-order valence-corrected chi connectivity index (χ0v) is 12.7. The summed E-state index contributed by atoms with van der Waals surface area (Å²) < 4.78 is 11.0. The van der Waals surface area contributed by atoms with Crippen LogP contribution in [0, 0.1) is 0 Å². The minimum atomic E-state index is -0.309. The number of benzene rings is 2. The molecule has 120 valence electrons. The number of aromatic nitrogens is 3.